The van der Waals surface area contributed by atoms with Crippen molar-refractivity contribution in [2.45, 2.75) is 25.6 Å². The molecule has 0 saturated heterocycles. The van der Waals surface area contributed by atoms with Crippen LogP contribution >= 0.6 is 11.6 Å². The number of Topliss-reactive ketones (excluding diaryl/α,β-unsaturated/α-hetero) is 1. The van der Waals surface area contributed by atoms with Crippen molar-refractivity contribution in [2.24, 2.45) is 0 Å². The quantitative estimate of drug-likeness (QED) is 0.444. The molecule has 0 unspecified atom stereocenters. The number of alkyl halides is 4. The zero-order valence-electron chi connectivity index (χ0n) is 9.47. The molecular formula is C12H12ClF3O2. The van der Waals surface area contributed by atoms with E-state index in [0.717, 1.165) is 18.6 Å². The van der Waals surface area contributed by atoms with Crippen LogP contribution in [0.1, 0.15) is 29.6 Å². The minimum Gasteiger partial charge on any atom is -0.406 e. The second-order valence-corrected chi connectivity index (χ2v) is 4.02. The molecule has 0 aliphatic carbocycles. The van der Waals surface area contributed by atoms with Gasteiger partial charge in [0.25, 0.3) is 0 Å². The third-order valence-electron chi connectivity index (χ3n) is 2.20. The Morgan fingerprint density at radius 2 is 1.78 bits per heavy atom. The van der Waals surface area contributed by atoms with E-state index in [1.165, 1.54) is 12.1 Å². The van der Waals surface area contributed by atoms with Gasteiger partial charge in [-0.1, -0.05) is 0 Å². The summed E-state index contributed by atoms with van der Waals surface area (Å²) in [4.78, 5) is 11.6. The molecule has 0 fully saturated rings. The van der Waals surface area contributed by atoms with Crippen LogP contribution in [-0.4, -0.2) is 18.0 Å². The fourth-order valence-electron chi connectivity index (χ4n) is 1.37. The fraction of sp³-hybridized carbons (Fsp3) is 0.417. The lowest BCUT2D eigenvalue weighted by molar-refractivity contribution is -0.274. The van der Waals surface area contributed by atoms with Crippen LogP contribution in [-0.2, 0) is 0 Å². The Morgan fingerprint density at radius 1 is 1.17 bits per heavy atom. The van der Waals surface area contributed by atoms with E-state index in [-0.39, 0.29) is 11.5 Å². The SMILES string of the molecule is O=C(CCCCCl)c1ccc(OC(F)(F)F)cc1. The molecule has 1 aromatic rings. The van der Waals surface area contributed by atoms with E-state index < -0.39 is 6.36 Å². The number of carbonyl (C=O) groups excluding carboxylic acids is 1. The van der Waals surface area contributed by atoms with Crippen molar-refractivity contribution in [1.29, 1.82) is 0 Å². The molecule has 0 N–H and O–H groups in total. The van der Waals surface area contributed by atoms with Gasteiger partial charge in [0.15, 0.2) is 5.78 Å². The number of hydrogen-bond donors (Lipinski definition) is 0. The molecule has 0 heterocycles. The Bertz CT molecular complexity index is 387. The highest BCUT2D eigenvalue weighted by molar-refractivity contribution is 6.17. The van der Waals surface area contributed by atoms with Crippen LogP contribution < -0.4 is 4.74 Å². The number of hydrogen-bond acceptors (Lipinski definition) is 2. The molecule has 0 atom stereocenters. The third kappa shape index (κ3) is 5.40. The maximum Gasteiger partial charge on any atom is 0.573 e. The lowest BCUT2D eigenvalue weighted by Gasteiger charge is -2.08. The number of halogens is 4. The van der Waals surface area contributed by atoms with Gasteiger partial charge in [-0.25, -0.2) is 0 Å². The van der Waals surface area contributed by atoms with Crippen molar-refractivity contribution < 1.29 is 22.7 Å². The van der Waals surface area contributed by atoms with Crippen molar-refractivity contribution in [1.82, 2.24) is 0 Å². The normalized spacial score (nSPS) is 11.3. The molecule has 6 heteroatoms. The van der Waals surface area contributed by atoms with E-state index in [2.05, 4.69) is 4.74 Å². The van der Waals surface area contributed by atoms with Crippen LogP contribution in [0.3, 0.4) is 0 Å². The van der Waals surface area contributed by atoms with Crippen molar-refractivity contribution in [3.05, 3.63) is 29.8 Å². The summed E-state index contributed by atoms with van der Waals surface area (Å²) in [6, 6.07) is 4.90. The van der Waals surface area contributed by atoms with Crippen LogP contribution in [0.25, 0.3) is 0 Å². The monoisotopic (exact) mass is 280 g/mol. The van der Waals surface area contributed by atoms with Crippen molar-refractivity contribution in [2.75, 3.05) is 5.88 Å². The van der Waals surface area contributed by atoms with E-state index in [0.29, 0.717) is 24.3 Å². The summed E-state index contributed by atoms with van der Waals surface area (Å²) in [6.45, 7) is 0. The minimum atomic E-state index is -4.72. The Balaban J connectivity index is 2.57. The minimum absolute atomic E-state index is 0.112. The molecule has 0 aromatic heterocycles. The Labute approximate surface area is 108 Å². The molecule has 0 spiro atoms. The molecule has 0 radical (unpaired) electrons. The smallest absolute Gasteiger partial charge is 0.406 e. The zero-order chi connectivity index (χ0) is 13.6. The molecule has 1 rings (SSSR count). The average Bonchev–Trinajstić information content (AvgIpc) is 2.28. The van der Waals surface area contributed by atoms with Gasteiger partial charge in [0, 0.05) is 17.9 Å². The summed E-state index contributed by atoms with van der Waals surface area (Å²) >= 11 is 5.48. The van der Waals surface area contributed by atoms with Gasteiger partial charge in [0.2, 0.25) is 0 Å². The first kappa shape index (κ1) is 14.8. The molecule has 0 aliphatic rings. The van der Waals surface area contributed by atoms with Gasteiger partial charge in [-0.05, 0) is 37.1 Å². The van der Waals surface area contributed by atoms with Gasteiger partial charge in [0.05, 0.1) is 0 Å². The van der Waals surface area contributed by atoms with Gasteiger partial charge in [0.1, 0.15) is 5.75 Å². The molecule has 0 bridgehead atoms. The summed E-state index contributed by atoms with van der Waals surface area (Å²) in [5, 5.41) is 0. The van der Waals surface area contributed by atoms with E-state index in [9.17, 15) is 18.0 Å². The first-order valence-electron chi connectivity index (χ1n) is 5.37. The van der Waals surface area contributed by atoms with Crippen LogP contribution in [0, 0.1) is 0 Å². The van der Waals surface area contributed by atoms with Crippen molar-refractivity contribution in [3.63, 3.8) is 0 Å². The van der Waals surface area contributed by atoms with E-state index >= 15 is 0 Å². The highest BCUT2D eigenvalue weighted by Gasteiger charge is 2.30. The summed E-state index contributed by atoms with van der Waals surface area (Å²) in [6.07, 6.45) is -2.97. The predicted octanol–water partition coefficient (Wildman–Crippen LogP) is 4.18. The molecule has 18 heavy (non-hydrogen) atoms. The number of benzene rings is 1. The molecule has 100 valence electrons. The lowest BCUT2D eigenvalue weighted by atomic mass is 10.1. The summed E-state index contributed by atoms with van der Waals surface area (Å²) in [7, 11) is 0. The topological polar surface area (TPSA) is 26.3 Å². The summed E-state index contributed by atoms with van der Waals surface area (Å²) in [5.74, 6) is 0.0459. The van der Waals surface area contributed by atoms with Crippen molar-refractivity contribution >= 4 is 17.4 Å². The highest BCUT2D eigenvalue weighted by atomic mass is 35.5. The largest absolute Gasteiger partial charge is 0.573 e. The first-order chi connectivity index (χ1) is 8.42. The predicted molar refractivity (Wildman–Crippen MR) is 62.0 cm³/mol. The molecule has 0 amide bonds. The number of rotatable bonds is 6. The molecular weight excluding hydrogens is 269 g/mol. The van der Waals surface area contributed by atoms with Gasteiger partial charge in [-0.3, -0.25) is 4.79 Å². The van der Waals surface area contributed by atoms with Crippen LogP contribution in [0.5, 0.6) is 5.75 Å². The van der Waals surface area contributed by atoms with E-state index in [1.807, 2.05) is 0 Å². The molecule has 1 aromatic carbocycles. The second-order valence-electron chi connectivity index (χ2n) is 3.64. The zero-order valence-corrected chi connectivity index (χ0v) is 10.2. The number of carbonyl (C=O) groups is 1. The van der Waals surface area contributed by atoms with Gasteiger partial charge in [-0.2, -0.15) is 0 Å². The molecule has 0 aliphatic heterocycles. The Morgan fingerprint density at radius 3 is 2.28 bits per heavy atom. The van der Waals surface area contributed by atoms with Crippen molar-refractivity contribution in [3.8, 4) is 5.75 Å². The maximum absolute atomic E-state index is 11.9. The van der Waals surface area contributed by atoms with Gasteiger partial charge < -0.3 is 4.74 Å². The maximum atomic E-state index is 11.9. The Kier molecular flexibility index (Phi) is 5.47. The second kappa shape index (κ2) is 6.64. The Hall–Kier alpha value is -1.23. The summed E-state index contributed by atoms with van der Waals surface area (Å²) in [5.41, 5.74) is 0.374. The number of unbranched alkanes of at least 4 members (excludes halogenated alkanes) is 1. The highest BCUT2D eigenvalue weighted by Crippen LogP contribution is 2.23. The van der Waals surface area contributed by atoms with E-state index in [1.54, 1.807) is 0 Å². The number of ketones is 1. The standard InChI is InChI=1S/C12H12ClF3O2/c13-8-2-1-3-11(17)9-4-6-10(7-5-9)18-12(14,15)16/h4-7H,1-3,8H2. The third-order valence-corrected chi connectivity index (χ3v) is 2.46. The van der Waals surface area contributed by atoms with E-state index in [4.69, 9.17) is 11.6 Å². The van der Waals surface area contributed by atoms with Gasteiger partial charge in [-0.15, -0.1) is 24.8 Å². The lowest BCUT2D eigenvalue weighted by Crippen LogP contribution is -2.17. The van der Waals surface area contributed by atoms with Crippen LogP contribution in [0.15, 0.2) is 24.3 Å². The van der Waals surface area contributed by atoms with Gasteiger partial charge >= 0.3 is 6.36 Å². The fourth-order valence-corrected chi connectivity index (χ4v) is 1.56. The summed E-state index contributed by atoms with van der Waals surface area (Å²) < 4.78 is 39.4. The molecule has 2 nitrogen and oxygen atoms in total. The first-order valence-corrected chi connectivity index (χ1v) is 5.91. The van der Waals surface area contributed by atoms with Crippen LogP contribution in [0.4, 0.5) is 13.2 Å². The number of ether oxygens (including phenoxy) is 1. The molecule has 0 saturated carbocycles. The van der Waals surface area contributed by atoms with Crippen LogP contribution in [0.2, 0.25) is 0 Å². The average molecular weight is 281 g/mol.